The average molecular weight is 345 g/mol. The lowest BCUT2D eigenvalue weighted by Crippen LogP contribution is -2.31. The maximum Gasteiger partial charge on any atom is 0.276 e. The van der Waals surface area contributed by atoms with Crippen molar-refractivity contribution in [3.05, 3.63) is 84.7 Å². The van der Waals surface area contributed by atoms with E-state index in [1.807, 2.05) is 61.5 Å². The molecule has 1 heterocycles. The lowest BCUT2D eigenvalue weighted by molar-refractivity contribution is 0.0983. The number of pyridine rings is 1. The van der Waals surface area contributed by atoms with Crippen LogP contribution in [0, 0.1) is 0 Å². The number of hydrogen-bond donors (Lipinski definition) is 0. The van der Waals surface area contributed by atoms with Crippen LogP contribution in [0.3, 0.4) is 0 Å². The molecule has 0 spiro atoms. The minimum absolute atomic E-state index is 0.0898. The molecule has 0 saturated carbocycles. The maximum absolute atomic E-state index is 12.8. The first-order valence-corrected chi connectivity index (χ1v) is 8.90. The second-order valence-electron chi connectivity index (χ2n) is 5.87. The molecule has 0 aliphatic carbocycles. The van der Waals surface area contributed by atoms with Crippen LogP contribution >= 0.6 is 0 Å². The average Bonchev–Trinajstić information content (AvgIpc) is 2.71. The van der Waals surface area contributed by atoms with Crippen molar-refractivity contribution in [3.8, 4) is 0 Å². The molecule has 0 atom stereocenters. The van der Waals surface area contributed by atoms with Crippen LogP contribution in [-0.2, 0) is 0 Å². The minimum atomic E-state index is -0.0898. The van der Waals surface area contributed by atoms with Crippen molar-refractivity contribution >= 4 is 23.0 Å². The van der Waals surface area contributed by atoms with Crippen LogP contribution in [0.25, 0.3) is 0 Å². The van der Waals surface area contributed by atoms with Gasteiger partial charge in [-0.15, -0.1) is 0 Å². The van der Waals surface area contributed by atoms with Gasteiger partial charge in [0.1, 0.15) is 5.69 Å². The molecular weight excluding hydrogens is 322 g/mol. The molecule has 0 saturated heterocycles. The number of carbonyl (C=O) groups is 1. The Bertz CT molecular complexity index is 832. The van der Waals surface area contributed by atoms with Gasteiger partial charge in [0.15, 0.2) is 0 Å². The van der Waals surface area contributed by atoms with Gasteiger partial charge in [-0.25, -0.2) is 4.98 Å². The van der Waals surface area contributed by atoms with E-state index in [4.69, 9.17) is 0 Å². The van der Waals surface area contributed by atoms with Crippen LogP contribution in [0.2, 0.25) is 0 Å². The van der Waals surface area contributed by atoms with Gasteiger partial charge in [-0.2, -0.15) is 0 Å². The summed E-state index contributed by atoms with van der Waals surface area (Å²) in [7, 11) is 0. The molecule has 0 unspecified atom stereocenters. The molecule has 3 aromatic rings. The van der Waals surface area contributed by atoms with Crippen LogP contribution in [0.15, 0.2) is 79.0 Å². The smallest absolute Gasteiger partial charge is 0.276 e. The Hall–Kier alpha value is -3.14. The van der Waals surface area contributed by atoms with Crippen molar-refractivity contribution in [3.63, 3.8) is 0 Å². The normalized spacial score (nSPS) is 10.4. The fraction of sp³-hybridized carbons (Fsp3) is 0.182. The maximum atomic E-state index is 12.8. The van der Waals surface area contributed by atoms with Crippen molar-refractivity contribution in [1.82, 2.24) is 4.98 Å². The van der Waals surface area contributed by atoms with E-state index < -0.39 is 0 Å². The van der Waals surface area contributed by atoms with Crippen LogP contribution < -0.4 is 9.80 Å². The van der Waals surface area contributed by atoms with Crippen molar-refractivity contribution in [1.29, 1.82) is 0 Å². The van der Waals surface area contributed by atoms with Gasteiger partial charge in [-0.05, 0) is 50.2 Å². The summed E-state index contributed by atoms with van der Waals surface area (Å²) in [6.07, 6.45) is 1.77. The summed E-state index contributed by atoms with van der Waals surface area (Å²) in [4.78, 5) is 21.2. The van der Waals surface area contributed by atoms with Crippen LogP contribution in [-0.4, -0.2) is 24.0 Å². The Balaban J connectivity index is 1.83. The summed E-state index contributed by atoms with van der Waals surface area (Å²) in [6.45, 7) is 5.48. The van der Waals surface area contributed by atoms with Gasteiger partial charge >= 0.3 is 0 Å². The quantitative estimate of drug-likeness (QED) is 0.637. The Labute approximate surface area is 154 Å². The number of amides is 1. The van der Waals surface area contributed by atoms with Gasteiger partial charge in [0.05, 0.1) is 11.9 Å². The van der Waals surface area contributed by atoms with Gasteiger partial charge in [0, 0.05) is 24.5 Å². The Morgan fingerprint density at radius 2 is 1.38 bits per heavy atom. The topological polar surface area (TPSA) is 36.4 Å². The molecule has 3 rings (SSSR count). The Kier molecular flexibility index (Phi) is 5.64. The molecule has 0 radical (unpaired) electrons. The van der Waals surface area contributed by atoms with Gasteiger partial charge < -0.3 is 9.80 Å². The highest BCUT2D eigenvalue weighted by molar-refractivity contribution is 6.04. The lowest BCUT2D eigenvalue weighted by atomic mass is 10.2. The predicted octanol–water partition coefficient (Wildman–Crippen LogP) is 4.91. The molecule has 1 aromatic heterocycles. The van der Waals surface area contributed by atoms with E-state index in [1.165, 1.54) is 0 Å². The molecular formula is C22H23N3O. The fourth-order valence-corrected chi connectivity index (χ4v) is 2.98. The van der Waals surface area contributed by atoms with Crippen molar-refractivity contribution in [2.75, 3.05) is 22.9 Å². The molecule has 0 bridgehead atoms. The van der Waals surface area contributed by atoms with E-state index in [9.17, 15) is 4.79 Å². The standard InChI is InChI=1S/C22H23N3O/c1-3-24(18-11-7-5-8-12-18)20-15-16-21(23-17-20)22(26)25(4-2)19-13-9-6-10-14-19/h5-17H,3-4H2,1-2H3. The zero-order chi connectivity index (χ0) is 18.4. The molecule has 0 fully saturated rings. The van der Waals surface area contributed by atoms with Gasteiger partial charge in [0.25, 0.3) is 5.91 Å². The van der Waals surface area contributed by atoms with E-state index in [0.717, 1.165) is 23.6 Å². The molecule has 4 heteroatoms. The van der Waals surface area contributed by atoms with Crippen molar-refractivity contribution < 1.29 is 4.79 Å². The molecule has 26 heavy (non-hydrogen) atoms. The summed E-state index contributed by atoms with van der Waals surface area (Å²) >= 11 is 0. The number of rotatable bonds is 6. The van der Waals surface area contributed by atoms with Gasteiger partial charge in [0.2, 0.25) is 0 Å². The van der Waals surface area contributed by atoms with Gasteiger partial charge in [-0.3, -0.25) is 4.79 Å². The first kappa shape index (κ1) is 17.7. The number of para-hydroxylation sites is 2. The molecule has 132 valence electrons. The second kappa shape index (κ2) is 8.30. The van der Waals surface area contributed by atoms with Crippen LogP contribution in [0.1, 0.15) is 24.3 Å². The SMILES string of the molecule is CCN(C(=O)c1ccc(N(CC)c2ccccc2)cn1)c1ccccc1. The molecule has 0 aliphatic rings. The van der Waals surface area contributed by atoms with Crippen LogP contribution in [0.5, 0.6) is 0 Å². The van der Waals surface area contributed by atoms with Crippen molar-refractivity contribution in [2.45, 2.75) is 13.8 Å². The number of hydrogen-bond acceptors (Lipinski definition) is 3. The molecule has 1 amide bonds. The minimum Gasteiger partial charge on any atom is -0.341 e. The summed E-state index contributed by atoms with van der Waals surface area (Å²) in [5.74, 6) is -0.0898. The summed E-state index contributed by atoms with van der Waals surface area (Å²) in [6, 6.07) is 23.6. The highest BCUT2D eigenvalue weighted by Crippen LogP contribution is 2.24. The molecule has 0 N–H and O–H groups in total. The van der Waals surface area contributed by atoms with Gasteiger partial charge in [-0.1, -0.05) is 36.4 Å². The number of carbonyl (C=O) groups excluding carboxylic acids is 1. The van der Waals surface area contributed by atoms with E-state index in [0.29, 0.717) is 12.2 Å². The molecule has 4 nitrogen and oxygen atoms in total. The lowest BCUT2D eigenvalue weighted by Gasteiger charge is -2.24. The third kappa shape index (κ3) is 3.75. The highest BCUT2D eigenvalue weighted by Gasteiger charge is 2.17. The Morgan fingerprint density at radius 1 is 0.769 bits per heavy atom. The summed E-state index contributed by atoms with van der Waals surface area (Å²) < 4.78 is 0. The summed E-state index contributed by atoms with van der Waals surface area (Å²) in [5, 5.41) is 0. The number of anilines is 3. The Morgan fingerprint density at radius 3 is 1.88 bits per heavy atom. The monoisotopic (exact) mass is 345 g/mol. The number of nitrogens with zero attached hydrogens (tertiary/aromatic N) is 3. The first-order chi connectivity index (χ1) is 12.7. The molecule has 2 aromatic carbocycles. The largest absolute Gasteiger partial charge is 0.341 e. The summed E-state index contributed by atoms with van der Waals surface area (Å²) in [5.41, 5.74) is 3.40. The van der Waals surface area contributed by atoms with Crippen LogP contribution in [0.4, 0.5) is 17.1 Å². The highest BCUT2D eigenvalue weighted by atomic mass is 16.2. The second-order valence-corrected chi connectivity index (χ2v) is 5.87. The van der Waals surface area contributed by atoms with E-state index >= 15 is 0 Å². The zero-order valence-corrected chi connectivity index (χ0v) is 15.2. The fourth-order valence-electron chi connectivity index (χ4n) is 2.98. The number of aromatic nitrogens is 1. The van der Waals surface area contributed by atoms with Crippen molar-refractivity contribution in [2.24, 2.45) is 0 Å². The predicted molar refractivity (Wildman–Crippen MR) is 107 cm³/mol. The zero-order valence-electron chi connectivity index (χ0n) is 15.2. The molecule has 0 aliphatic heterocycles. The third-order valence-corrected chi connectivity index (χ3v) is 4.29. The van der Waals surface area contributed by atoms with E-state index in [1.54, 1.807) is 17.2 Å². The van der Waals surface area contributed by atoms with E-state index in [2.05, 4.69) is 28.9 Å². The number of benzene rings is 2. The van der Waals surface area contributed by atoms with E-state index in [-0.39, 0.29) is 5.91 Å². The third-order valence-electron chi connectivity index (χ3n) is 4.29. The first-order valence-electron chi connectivity index (χ1n) is 8.90.